The lowest BCUT2D eigenvalue weighted by atomic mass is 9.76. The number of ether oxygens (including phenoxy) is 1. The summed E-state index contributed by atoms with van der Waals surface area (Å²) in [5.74, 6) is -4.34. The SMILES string of the molecule is CCCCO[C@@H]1C[C@@H](C(=O)O)[C@@H](C(=O)O)C[C@H]1O. The highest BCUT2D eigenvalue weighted by Gasteiger charge is 2.44. The number of rotatable bonds is 6. The molecule has 1 aliphatic rings. The second-order valence-electron chi connectivity index (χ2n) is 4.69. The molecule has 0 amide bonds. The molecule has 0 aromatic heterocycles. The summed E-state index contributed by atoms with van der Waals surface area (Å²) in [6.45, 7) is 2.46. The highest BCUT2D eigenvalue weighted by atomic mass is 16.5. The number of hydrogen-bond donors (Lipinski definition) is 3. The molecule has 0 aromatic rings. The maximum atomic E-state index is 11.1. The summed E-state index contributed by atoms with van der Waals surface area (Å²) in [5, 5.41) is 27.8. The van der Waals surface area contributed by atoms with Crippen LogP contribution in [0.25, 0.3) is 0 Å². The maximum Gasteiger partial charge on any atom is 0.307 e. The van der Waals surface area contributed by atoms with Crippen molar-refractivity contribution in [1.29, 1.82) is 0 Å². The molecule has 18 heavy (non-hydrogen) atoms. The van der Waals surface area contributed by atoms with Crippen LogP contribution in [0.5, 0.6) is 0 Å². The Morgan fingerprint density at radius 2 is 1.72 bits per heavy atom. The molecule has 0 bridgehead atoms. The lowest BCUT2D eigenvalue weighted by Gasteiger charge is -2.35. The fraction of sp³-hybridized carbons (Fsp3) is 0.833. The Labute approximate surface area is 106 Å². The summed E-state index contributed by atoms with van der Waals surface area (Å²) in [4.78, 5) is 22.0. The lowest BCUT2D eigenvalue weighted by Crippen LogP contribution is -2.46. The van der Waals surface area contributed by atoms with E-state index in [0.29, 0.717) is 6.61 Å². The van der Waals surface area contributed by atoms with Crippen molar-refractivity contribution in [3.8, 4) is 0 Å². The first kappa shape index (κ1) is 14.9. The monoisotopic (exact) mass is 260 g/mol. The van der Waals surface area contributed by atoms with E-state index < -0.39 is 36.0 Å². The van der Waals surface area contributed by atoms with E-state index in [1.165, 1.54) is 0 Å². The van der Waals surface area contributed by atoms with E-state index in [1.807, 2.05) is 6.92 Å². The lowest BCUT2D eigenvalue weighted by molar-refractivity contribution is -0.165. The Hall–Kier alpha value is -1.14. The molecule has 1 saturated carbocycles. The van der Waals surface area contributed by atoms with Crippen molar-refractivity contribution in [2.75, 3.05) is 6.61 Å². The van der Waals surface area contributed by atoms with Gasteiger partial charge >= 0.3 is 11.9 Å². The van der Waals surface area contributed by atoms with Crippen LogP contribution in [-0.4, -0.2) is 46.1 Å². The fourth-order valence-corrected chi connectivity index (χ4v) is 2.25. The summed E-state index contributed by atoms with van der Waals surface area (Å²) in [5.41, 5.74) is 0. The molecule has 4 atom stereocenters. The molecule has 0 saturated heterocycles. The van der Waals surface area contributed by atoms with Crippen LogP contribution >= 0.6 is 0 Å². The van der Waals surface area contributed by atoms with Crippen LogP contribution in [0, 0.1) is 11.8 Å². The predicted molar refractivity (Wildman–Crippen MR) is 62.1 cm³/mol. The number of aliphatic hydroxyl groups is 1. The van der Waals surface area contributed by atoms with Gasteiger partial charge in [-0.25, -0.2) is 0 Å². The zero-order chi connectivity index (χ0) is 13.7. The van der Waals surface area contributed by atoms with Crippen molar-refractivity contribution in [3.05, 3.63) is 0 Å². The highest BCUT2D eigenvalue weighted by molar-refractivity contribution is 5.80. The van der Waals surface area contributed by atoms with Crippen LogP contribution < -0.4 is 0 Å². The van der Waals surface area contributed by atoms with Gasteiger partial charge in [0.25, 0.3) is 0 Å². The van der Waals surface area contributed by atoms with Crippen LogP contribution in [0.2, 0.25) is 0 Å². The first-order chi connectivity index (χ1) is 8.47. The molecule has 3 N–H and O–H groups in total. The first-order valence-corrected chi connectivity index (χ1v) is 6.22. The summed E-state index contributed by atoms with van der Waals surface area (Å²) < 4.78 is 5.44. The topological polar surface area (TPSA) is 104 Å². The van der Waals surface area contributed by atoms with E-state index in [1.54, 1.807) is 0 Å². The Kier molecular flexibility index (Phi) is 5.55. The van der Waals surface area contributed by atoms with Gasteiger partial charge in [-0.15, -0.1) is 0 Å². The molecule has 0 radical (unpaired) electrons. The highest BCUT2D eigenvalue weighted by Crippen LogP contribution is 2.32. The molecule has 0 unspecified atom stereocenters. The van der Waals surface area contributed by atoms with E-state index in [-0.39, 0.29) is 12.8 Å². The van der Waals surface area contributed by atoms with E-state index in [0.717, 1.165) is 12.8 Å². The summed E-state index contributed by atoms with van der Waals surface area (Å²) in [6.07, 6.45) is 0.291. The van der Waals surface area contributed by atoms with Crippen LogP contribution in [0.3, 0.4) is 0 Å². The van der Waals surface area contributed by atoms with Crippen molar-refractivity contribution in [3.63, 3.8) is 0 Å². The molecule has 6 heteroatoms. The Morgan fingerprint density at radius 1 is 1.17 bits per heavy atom. The largest absolute Gasteiger partial charge is 0.481 e. The smallest absolute Gasteiger partial charge is 0.307 e. The van der Waals surface area contributed by atoms with Gasteiger partial charge in [0.1, 0.15) is 0 Å². The zero-order valence-corrected chi connectivity index (χ0v) is 10.4. The van der Waals surface area contributed by atoms with Gasteiger partial charge in [-0.05, 0) is 19.3 Å². The zero-order valence-electron chi connectivity index (χ0n) is 10.4. The third-order valence-corrected chi connectivity index (χ3v) is 3.36. The van der Waals surface area contributed by atoms with Gasteiger partial charge in [0, 0.05) is 6.61 Å². The number of aliphatic hydroxyl groups excluding tert-OH is 1. The van der Waals surface area contributed by atoms with Gasteiger partial charge in [0.2, 0.25) is 0 Å². The third kappa shape index (κ3) is 3.68. The van der Waals surface area contributed by atoms with Crippen molar-refractivity contribution < 1.29 is 29.6 Å². The fourth-order valence-electron chi connectivity index (χ4n) is 2.25. The number of unbranched alkanes of at least 4 members (excludes halogenated alkanes) is 1. The molecule has 1 fully saturated rings. The minimum atomic E-state index is -1.17. The normalized spacial score (nSPS) is 32.1. The van der Waals surface area contributed by atoms with E-state index in [9.17, 15) is 14.7 Å². The molecule has 6 nitrogen and oxygen atoms in total. The van der Waals surface area contributed by atoms with Gasteiger partial charge in [-0.2, -0.15) is 0 Å². The van der Waals surface area contributed by atoms with E-state index >= 15 is 0 Å². The number of carbonyl (C=O) groups is 2. The second-order valence-corrected chi connectivity index (χ2v) is 4.69. The molecule has 0 aliphatic heterocycles. The summed E-state index contributed by atoms with van der Waals surface area (Å²) in [6, 6.07) is 0. The molecule has 0 heterocycles. The van der Waals surface area contributed by atoms with Crippen molar-refractivity contribution in [2.45, 2.75) is 44.8 Å². The molecule has 1 rings (SSSR count). The van der Waals surface area contributed by atoms with Gasteiger partial charge in [0.15, 0.2) is 0 Å². The standard InChI is InChI=1S/C12H20O6/c1-2-3-4-18-10-6-8(12(16)17)7(11(14)15)5-9(10)13/h7-10,13H,2-6H2,1H3,(H,14,15)(H,16,17)/t7-,8+,9+,10+/m0/s1. The first-order valence-electron chi connectivity index (χ1n) is 6.22. The number of carboxylic acids is 2. The van der Waals surface area contributed by atoms with Crippen molar-refractivity contribution in [1.82, 2.24) is 0 Å². The minimum absolute atomic E-state index is 0.0528. The molecule has 104 valence electrons. The molecule has 0 aromatic carbocycles. The van der Waals surface area contributed by atoms with Gasteiger partial charge < -0.3 is 20.1 Å². The Balaban J connectivity index is 2.64. The Bertz CT molecular complexity index is 303. The maximum absolute atomic E-state index is 11.1. The number of carboxylic acid groups (broad SMARTS) is 2. The number of hydrogen-bond acceptors (Lipinski definition) is 4. The van der Waals surface area contributed by atoms with Crippen LogP contribution in [-0.2, 0) is 14.3 Å². The van der Waals surface area contributed by atoms with Crippen LogP contribution in [0.1, 0.15) is 32.6 Å². The van der Waals surface area contributed by atoms with Crippen LogP contribution in [0.15, 0.2) is 0 Å². The quantitative estimate of drug-likeness (QED) is 0.608. The molecular weight excluding hydrogens is 240 g/mol. The van der Waals surface area contributed by atoms with Crippen LogP contribution in [0.4, 0.5) is 0 Å². The van der Waals surface area contributed by atoms with Gasteiger partial charge in [0.05, 0.1) is 24.0 Å². The minimum Gasteiger partial charge on any atom is -0.481 e. The third-order valence-electron chi connectivity index (χ3n) is 3.36. The average Bonchev–Trinajstić information content (AvgIpc) is 2.30. The molecular formula is C12H20O6. The van der Waals surface area contributed by atoms with E-state index in [2.05, 4.69) is 0 Å². The number of aliphatic carboxylic acids is 2. The van der Waals surface area contributed by atoms with Crippen molar-refractivity contribution in [2.24, 2.45) is 11.8 Å². The van der Waals surface area contributed by atoms with Gasteiger partial charge in [-0.3, -0.25) is 9.59 Å². The van der Waals surface area contributed by atoms with E-state index in [4.69, 9.17) is 14.9 Å². The second kappa shape index (κ2) is 6.70. The predicted octanol–water partition coefficient (Wildman–Crippen LogP) is 0.728. The summed E-state index contributed by atoms with van der Waals surface area (Å²) >= 11 is 0. The molecule has 1 aliphatic carbocycles. The average molecular weight is 260 g/mol. The molecule has 0 spiro atoms. The van der Waals surface area contributed by atoms with Gasteiger partial charge in [-0.1, -0.05) is 13.3 Å². The summed E-state index contributed by atoms with van der Waals surface area (Å²) in [7, 11) is 0. The van der Waals surface area contributed by atoms with Crippen molar-refractivity contribution >= 4 is 11.9 Å². The Morgan fingerprint density at radius 3 is 2.22 bits per heavy atom.